The topological polar surface area (TPSA) is 107 Å². The standard InChI is InChI=1S/C33H24N4O4/c38-30(19-17-25-21-29(22-10-4-1-5-11-22)35-36(25)24-14-8-3-9-15-24)32-31(23-12-6-2-7-13-23)27-20-26(37(40)41)16-18-28(27)34-33(32)39/h1-21,27-28H,(H,34,39)/b19-17+. The summed E-state index contributed by atoms with van der Waals surface area (Å²) in [5.41, 5.74) is 4.11. The lowest BCUT2D eigenvalue weighted by atomic mass is 9.77. The number of fused-ring (bicyclic) bond motifs is 1. The van der Waals surface area contributed by atoms with Gasteiger partial charge in [-0.3, -0.25) is 19.7 Å². The van der Waals surface area contributed by atoms with Gasteiger partial charge in [0.15, 0.2) is 5.78 Å². The van der Waals surface area contributed by atoms with Crippen molar-refractivity contribution < 1.29 is 14.5 Å². The number of para-hydroxylation sites is 1. The molecule has 2 aliphatic rings. The van der Waals surface area contributed by atoms with Gasteiger partial charge in [-0.05, 0) is 41.5 Å². The van der Waals surface area contributed by atoms with Crippen LogP contribution in [0.1, 0.15) is 11.3 Å². The van der Waals surface area contributed by atoms with Gasteiger partial charge < -0.3 is 5.32 Å². The first-order chi connectivity index (χ1) is 20.0. The maximum atomic E-state index is 13.8. The van der Waals surface area contributed by atoms with E-state index in [-0.39, 0.29) is 11.3 Å². The summed E-state index contributed by atoms with van der Waals surface area (Å²) in [7, 11) is 0. The summed E-state index contributed by atoms with van der Waals surface area (Å²) in [5, 5.41) is 19.2. The van der Waals surface area contributed by atoms with Crippen LogP contribution < -0.4 is 5.32 Å². The molecular weight excluding hydrogens is 516 g/mol. The molecule has 8 nitrogen and oxygen atoms in total. The van der Waals surface area contributed by atoms with E-state index in [2.05, 4.69) is 5.32 Å². The van der Waals surface area contributed by atoms with Crippen LogP contribution in [0.3, 0.4) is 0 Å². The maximum Gasteiger partial charge on any atom is 0.265 e. The summed E-state index contributed by atoms with van der Waals surface area (Å²) in [5.74, 6) is -1.61. The van der Waals surface area contributed by atoms with Gasteiger partial charge in [-0.2, -0.15) is 5.10 Å². The van der Waals surface area contributed by atoms with E-state index in [1.807, 2.05) is 84.9 Å². The van der Waals surface area contributed by atoms with Gasteiger partial charge in [-0.25, -0.2) is 4.68 Å². The van der Waals surface area contributed by atoms with Gasteiger partial charge in [0, 0.05) is 23.6 Å². The number of hydrogen-bond acceptors (Lipinski definition) is 5. The minimum atomic E-state index is -0.577. The zero-order chi connectivity index (χ0) is 28.3. The number of allylic oxidation sites excluding steroid dienone is 2. The van der Waals surface area contributed by atoms with E-state index in [1.165, 1.54) is 18.2 Å². The van der Waals surface area contributed by atoms with Crippen molar-refractivity contribution in [3.05, 3.63) is 154 Å². The Morgan fingerprint density at radius 3 is 2.22 bits per heavy atom. The highest BCUT2D eigenvalue weighted by atomic mass is 16.6. The molecule has 0 saturated carbocycles. The molecule has 2 atom stereocenters. The molecule has 1 aliphatic carbocycles. The van der Waals surface area contributed by atoms with Gasteiger partial charge in [-0.1, -0.05) is 84.9 Å². The van der Waals surface area contributed by atoms with Crippen molar-refractivity contribution in [2.24, 2.45) is 5.92 Å². The van der Waals surface area contributed by atoms with Crippen LogP contribution in [0.5, 0.6) is 0 Å². The largest absolute Gasteiger partial charge is 0.345 e. The summed E-state index contributed by atoms with van der Waals surface area (Å²) in [6.45, 7) is 0. The van der Waals surface area contributed by atoms with Gasteiger partial charge in [0.25, 0.3) is 11.6 Å². The van der Waals surface area contributed by atoms with Crippen LogP contribution in [0.15, 0.2) is 133 Å². The number of amides is 1. The normalized spacial score (nSPS) is 18.1. The molecule has 200 valence electrons. The van der Waals surface area contributed by atoms with Crippen molar-refractivity contribution in [3.63, 3.8) is 0 Å². The molecule has 1 aliphatic heterocycles. The van der Waals surface area contributed by atoms with Crippen LogP contribution in [0.2, 0.25) is 0 Å². The third-order valence-corrected chi connectivity index (χ3v) is 7.09. The molecular formula is C33H24N4O4. The molecule has 2 unspecified atom stereocenters. The van der Waals surface area contributed by atoms with Crippen LogP contribution >= 0.6 is 0 Å². The van der Waals surface area contributed by atoms with Crippen molar-refractivity contribution in [1.82, 2.24) is 15.1 Å². The number of benzene rings is 3. The van der Waals surface area contributed by atoms with Gasteiger partial charge in [0.1, 0.15) is 0 Å². The average Bonchev–Trinajstić information content (AvgIpc) is 3.44. The lowest BCUT2D eigenvalue weighted by molar-refractivity contribution is -0.419. The lowest BCUT2D eigenvalue weighted by Gasteiger charge is -2.33. The fourth-order valence-corrected chi connectivity index (χ4v) is 5.18. The molecule has 0 radical (unpaired) electrons. The highest BCUT2D eigenvalue weighted by Gasteiger charge is 2.39. The monoisotopic (exact) mass is 540 g/mol. The molecule has 0 spiro atoms. The van der Waals surface area contributed by atoms with E-state index in [1.54, 1.807) is 29.0 Å². The highest BCUT2D eigenvalue weighted by molar-refractivity contribution is 6.29. The summed E-state index contributed by atoms with van der Waals surface area (Å²) in [6, 6.07) is 29.7. The lowest BCUT2D eigenvalue weighted by Crippen LogP contribution is -2.46. The number of nitrogens with one attached hydrogen (secondary N) is 1. The average molecular weight is 541 g/mol. The molecule has 0 bridgehead atoms. The number of aromatic nitrogens is 2. The van der Waals surface area contributed by atoms with Gasteiger partial charge in [0.2, 0.25) is 0 Å². The first kappa shape index (κ1) is 25.6. The molecule has 3 aromatic carbocycles. The number of nitrogens with zero attached hydrogens (tertiary/aromatic N) is 3. The van der Waals surface area contributed by atoms with Crippen molar-refractivity contribution in [3.8, 4) is 16.9 Å². The number of carbonyl (C=O) groups excluding carboxylic acids is 2. The minimum Gasteiger partial charge on any atom is -0.345 e. The summed E-state index contributed by atoms with van der Waals surface area (Å²) in [6.07, 6.45) is 7.49. The van der Waals surface area contributed by atoms with Crippen LogP contribution in [-0.4, -0.2) is 32.4 Å². The predicted molar refractivity (Wildman–Crippen MR) is 156 cm³/mol. The maximum absolute atomic E-state index is 13.8. The quantitative estimate of drug-likeness (QED) is 0.146. The molecule has 8 heteroatoms. The smallest absolute Gasteiger partial charge is 0.265 e. The van der Waals surface area contributed by atoms with Crippen LogP contribution in [0, 0.1) is 16.0 Å². The second kappa shape index (κ2) is 10.9. The number of hydrogen-bond donors (Lipinski definition) is 1. The molecule has 1 N–H and O–H groups in total. The van der Waals surface area contributed by atoms with E-state index in [4.69, 9.17) is 5.10 Å². The molecule has 1 aromatic heterocycles. The van der Waals surface area contributed by atoms with Crippen molar-refractivity contribution >= 4 is 23.3 Å². The Bertz CT molecular complexity index is 1770. The third-order valence-electron chi connectivity index (χ3n) is 7.09. The van der Waals surface area contributed by atoms with E-state index >= 15 is 0 Å². The number of ketones is 1. The first-order valence-corrected chi connectivity index (χ1v) is 13.1. The Morgan fingerprint density at radius 1 is 0.927 bits per heavy atom. The third kappa shape index (κ3) is 5.06. The van der Waals surface area contributed by atoms with E-state index in [0.717, 1.165) is 16.9 Å². The minimum absolute atomic E-state index is 0.0444. The van der Waals surface area contributed by atoms with Crippen LogP contribution in [0.25, 0.3) is 28.6 Å². The Balaban J connectivity index is 1.45. The van der Waals surface area contributed by atoms with E-state index in [9.17, 15) is 19.7 Å². The number of nitro groups is 1. The van der Waals surface area contributed by atoms with Crippen molar-refractivity contribution in [2.45, 2.75) is 6.04 Å². The second-order valence-electron chi connectivity index (χ2n) is 9.65. The molecule has 2 heterocycles. The van der Waals surface area contributed by atoms with Crippen LogP contribution in [-0.2, 0) is 9.59 Å². The van der Waals surface area contributed by atoms with Gasteiger partial charge in [-0.15, -0.1) is 0 Å². The van der Waals surface area contributed by atoms with Crippen LogP contribution in [0.4, 0.5) is 0 Å². The molecule has 41 heavy (non-hydrogen) atoms. The fraction of sp³-hybridized carbons (Fsp3) is 0.0606. The number of carbonyl (C=O) groups is 2. The molecule has 6 rings (SSSR count). The fourth-order valence-electron chi connectivity index (χ4n) is 5.18. The highest BCUT2D eigenvalue weighted by Crippen LogP contribution is 2.37. The van der Waals surface area contributed by atoms with Crippen molar-refractivity contribution in [1.29, 1.82) is 0 Å². The Labute approximate surface area is 235 Å². The number of rotatable bonds is 7. The summed E-state index contributed by atoms with van der Waals surface area (Å²) >= 11 is 0. The molecule has 0 fully saturated rings. The zero-order valence-corrected chi connectivity index (χ0v) is 21.8. The van der Waals surface area contributed by atoms with E-state index in [0.29, 0.717) is 16.8 Å². The first-order valence-electron chi connectivity index (χ1n) is 13.1. The Hall–Kier alpha value is -5.63. The second-order valence-corrected chi connectivity index (χ2v) is 9.65. The van der Waals surface area contributed by atoms with Gasteiger partial charge in [0.05, 0.1) is 33.6 Å². The van der Waals surface area contributed by atoms with Crippen molar-refractivity contribution in [2.75, 3.05) is 0 Å². The summed E-state index contributed by atoms with van der Waals surface area (Å²) in [4.78, 5) is 38.2. The summed E-state index contributed by atoms with van der Waals surface area (Å²) < 4.78 is 1.74. The van der Waals surface area contributed by atoms with E-state index < -0.39 is 28.6 Å². The Morgan fingerprint density at radius 2 is 1.56 bits per heavy atom. The SMILES string of the molecule is O=C(/C=C/c1cc(-c2ccccc2)nn1-c1ccccc1)C1=C(c2ccccc2)C2C=C([N+](=O)[O-])C=CC2NC1=O. The predicted octanol–water partition coefficient (Wildman–Crippen LogP) is 5.42. The Kier molecular flexibility index (Phi) is 6.79. The molecule has 1 amide bonds. The molecule has 0 saturated heterocycles. The molecule has 4 aromatic rings. The zero-order valence-electron chi connectivity index (χ0n) is 21.8. The van der Waals surface area contributed by atoms with Gasteiger partial charge >= 0.3 is 0 Å².